The maximum atomic E-state index is 11.2. The zero-order valence-corrected chi connectivity index (χ0v) is 9.06. The molecule has 0 saturated carbocycles. The summed E-state index contributed by atoms with van der Waals surface area (Å²) in [5.41, 5.74) is 2.37. The molecular formula is C13H14NO2-. The van der Waals surface area contributed by atoms with E-state index in [0.29, 0.717) is 6.42 Å². The normalized spacial score (nSPS) is 27.4. The third-order valence-electron chi connectivity index (χ3n) is 3.81. The second-order valence-electron chi connectivity index (χ2n) is 4.66. The molecule has 84 valence electrons. The molecule has 0 N–H and O–H groups in total. The molecule has 1 fully saturated rings. The van der Waals surface area contributed by atoms with Crippen molar-refractivity contribution in [2.45, 2.75) is 25.3 Å². The molecule has 0 radical (unpaired) electrons. The number of aliphatic carboxylic acids is 1. The first kappa shape index (κ1) is 9.70. The Morgan fingerprint density at radius 3 is 3.00 bits per heavy atom. The lowest BCUT2D eigenvalue weighted by atomic mass is 9.86. The molecule has 3 rings (SSSR count). The van der Waals surface area contributed by atoms with E-state index >= 15 is 0 Å². The van der Waals surface area contributed by atoms with E-state index in [9.17, 15) is 9.90 Å². The van der Waals surface area contributed by atoms with Crippen molar-refractivity contribution < 1.29 is 9.90 Å². The number of para-hydroxylation sites is 1. The van der Waals surface area contributed by atoms with Gasteiger partial charge >= 0.3 is 0 Å². The SMILES string of the molecule is O=C([O-])[C@H]1Cc2ccccc2N2CCC[C@H]12. The van der Waals surface area contributed by atoms with Gasteiger partial charge in [-0.25, -0.2) is 0 Å². The smallest absolute Gasteiger partial charge is 0.0469 e. The number of carboxylic acid groups (broad SMARTS) is 1. The van der Waals surface area contributed by atoms with E-state index < -0.39 is 5.97 Å². The van der Waals surface area contributed by atoms with Crippen molar-refractivity contribution in [1.29, 1.82) is 0 Å². The Hall–Kier alpha value is -1.51. The van der Waals surface area contributed by atoms with Gasteiger partial charge in [-0.3, -0.25) is 0 Å². The topological polar surface area (TPSA) is 43.4 Å². The first-order valence-corrected chi connectivity index (χ1v) is 5.83. The molecule has 3 nitrogen and oxygen atoms in total. The van der Waals surface area contributed by atoms with Crippen LogP contribution in [0.3, 0.4) is 0 Å². The highest BCUT2D eigenvalue weighted by molar-refractivity contribution is 5.73. The average molecular weight is 216 g/mol. The van der Waals surface area contributed by atoms with Crippen molar-refractivity contribution in [3.05, 3.63) is 29.8 Å². The molecule has 2 aliphatic heterocycles. The first-order chi connectivity index (χ1) is 7.77. The Labute approximate surface area is 94.7 Å². The van der Waals surface area contributed by atoms with E-state index in [-0.39, 0.29) is 12.0 Å². The number of carbonyl (C=O) groups excluding carboxylic acids is 1. The summed E-state index contributed by atoms with van der Waals surface area (Å²) in [4.78, 5) is 13.4. The van der Waals surface area contributed by atoms with Gasteiger partial charge in [0.05, 0.1) is 0 Å². The minimum absolute atomic E-state index is 0.153. The van der Waals surface area contributed by atoms with Gasteiger partial charge < -0.3 is 14.8 Å². The van der Waals surface area contributed by atoms with E-state index in [1.54, 1.807) is 0 Å². The van der Waals surface area contributed by atoms with E-state index in [0.717, 1.165) is 24.9 Å². The third kappa shape index (κ3) is 1.31. The summed E-state index contributed by atoms with van der Waals surface area (Å²) < 4.78 is 0. The fraction of sp³-hybridized carbons (Fsp3) is 0.462. The van der Waals surface area contributed by atoms with Gasteiger partial charge in [-0.1, -0.05) is 18.2 Å². The molecule has 1 aromatic carbocycles. The predicted molar refractivity (Wildman–Crippen MR) is 59.0 cm³/mol. The molecule has 0 amide bonds. The summed E-state index contributed by atoms with van der Waals surface area (Å²) in [5.74, 6) is -1.23. The molecule has 2 heterocycles. The summed E-state index contributed by atoms with van der Waals surface area (Å²) in [6.07, 6.45) is 2.69. The highest BCUT2D eigenvalue weighted by Crippen LogP contribution is 2.38. The largest absolute Gasteiger partial charge is 0.550 e. The number of nitrogens with zero attached hydrogens (tertiary/aromatic N) is 1. The van der Waals surface area contributed by atoms with E-state index in [1.807, 2.05) is 18.2 Å². The van der Waals surface area contributed by atoms with Gasteiger partial charge in [-0.2, -0.15) is 0 Å². The Bertz CT molecular complexity index is 430. The molecule has 0 spiro atoms. The van der Waals surface area contributed by atoms with Gasteiger partial charge in [0, 0.05) is 30.2 Å². The van der Waals surface area contributed by atoms with Crippen molar-refractivity contribution in [2.75, 3.05) is 11.4 Å². The molecular weight excluding hydrogens is 202 g/mol. The van der Waals surface area contributed by atoms with Crippen LogP contribution in [0.4, 0.5) is 5.69 Å². The summed E-state index contributed by atoms with van der Waals surface area (Å²) in [7, 11) is 0. The minimum atomic E-state index is -0.897. The number of carboxylic acids is 1. The standard InChI is InChI=1S/C13H15NO2/c15-13(16)10-8-9-4-1-2-5-11(9)14-7-3-6-12(10)14/h1-2,4-5,10,12H,3,6-8H2,(H,15,16)/p-1/t10-,12+/m0/s1. The number of carbonyl (C=O) groups is 1. The van der Waals surface area contributed by atoms with E-state index in [1.165, 1.54) is 5.69 Å². The predicted octanol–water partition coefficient (Wildman–Crippen LogP) is 0.578. The van der Waals surface area contributed by atoms with Crippen LogP contribution < -0.4 is 10.0 Å². The Morgan fingerprint density at radius 1 is 1.38 bits per heavy atom. The summed E-state index contributed by atoms with van der Waals surface area (Å²) in [6, 6.07) is 8.27. The molecule has 0 bridgehead atoms. The maximum absolute atomic E-state index is 11.2. The van der Waals surface area contributed by atoms with Gasteiger partial charge in [0.2, 0.25) is 0 Å². The van der Waals surface area contributed by atoms with Crippen molar-refractivity contribution in [3.63, 3.8) is 0 Å². The molecule has 2 aliphatic rings. The Kier molecular flexibility index (Phi) is 2.13. The van der Waals surface area contributed by atoms with Crippen LogP contribution in [0.1, 0.15) is 18.4 Å². The zero-order valence-electron chi connectivity index (χ0n) is 9.06. The van der Waals surface area contributed by atoms with Crippen LogP contribution in [-0.4, -0.2) is 18.6 Å². The van der Waals surface area contributed by atoms with Gasteiger partial charge in [0.25, 0.3) is 0 Å². The van der Waals surface area contributed by atoms with Crippen molar-refractivity contribution in [2.24, 2.45) is 5.92 Å². The number of rotatable bonds is 1. The Balaban J connectivity index is 2.05. The van der Waals surface area contributed by atoms with Crippen LogP contribution in [0.25, 0.3) is 0 Å². The van der Waals surface area contributed by atoms with Gasteiger partial charge in [-0.15, -0.1) is 0 Å². The van der Waals surface area contributed by atoms with Crippen LogP contribution in [-0.2, 0) is 11.2 Å². The van der Waals surface area contributed by atoms with Crippen molar-refractivity contribution in [3.8, 4) is 0 Å². The number of benzene rings is 1. The number of hydrogen-bond acceptors (Lipinski definition) is 3. The molecule has 0 unspecified atom stereocenters. The van der Waals surface area contributed by atoms with Gasteiger partial charge in [0.1, 0.15) is 0 Å². The molecule has 16 heavy (non-hydrogen) atoms. The van der Waals surface area contributed by atoms with E-state index in [2.05, 4.69) is 11.0 Å². The van der Waals surface area contributed by atoms with Crippen LogP contribution >= 0.6 is 0 Å². The third-order valence-corrected chi connectivity index (χ3v) is 3.81. The number of hydrogen-bond donors (Lipinski definition) is 0. The second-order valence-corrected chi connectivity index (χ2v) is 4.66. The lowest BCUT2D eigenvalue weighted by Gasteiger charge is -2.40. The highest BCUT2D eigenvalue weighted by atomic mass is 16.4. The summed E-state index contributed by atoms with van der Waals surface area (Å²) in [5, 5.41) is 11.2. The lowest BCUT2D eigenvalue weighted by molar-refractivity contribution is -0.312. The fourth-order valence-electron chi connectivity index (χ4n) is 3.09. The number of anilines is 1. The lowest BCUT2D eigenvalue weighted by Crippen LogP contribution is -2.48. The van der Waals surface area contributed by atoms with Crippen molar-refractivity contribution in [1.82, 2.24) is 0 Å². The van der Waals surface area contributed by atoms with E-state index in [4.69, 9.17) is 0 Å². The van der Waals surface area contributed by atoms with Crippen molar-refractivity contribution >= 4 is 11.7 Å². The van der Waals surface area contributed by atoms with Gasteiger partial charge in [0.15, 0.2) is 0 Å². The Morgan fingerprint density at radius 2 is 2.19 bits per heavy atom. The fourth-order valence-corrected chi connectivity index (χ4v) is 3.09. The minimum Gasteiger partial charge on any atom is -0.550 e. The maximum Gasteiger partial charge on any atom is 0.0469 e. The molecule has 2 atom stereocenters. The molecule has 3 heteroatoms. The first-order valence-electron chi connectivity index (χ1n) is 5.83. The van der Waals surface area contributed by atoms with Crippen LogP contribution in [0.2, 0.25) is 0 Å². The number of fused-ring (bicyclic) bond motifs is 3. The molecule has 1 aromatic rings. The second kappa shape index (κ2) is 3.51. The quantitative estimate of drug-likeness (QED) is 0.689. The van der Waals surface area contributed by atoms with Crippen LogP contribution in [0.15, 0.2) is 24.3 Å². The monoisotopic (exact) mass is 216 g/mol. The van der Waals surface area contributed by atoms with Crippen LogP contribution in [0.5, 0.6) is 0 Å². The molecule has 0 aliphatic carbocycles. The molecule has 0 aromatic heterocycles. The van der Waals surface area contributed by atoms with Gasteiger partial charge in [-0.05, 0) is 30.9 Å². The summed E-state index contributed by atoms with van der Waals surface area (Å²) >= 11 is 0. The van der Waals surface area contributed by atoms with Crippen LogP contribution in [0, 0.1) is 5.92 Å². The average Bonchev–Trinajstić information content (AvgIpc) is 2.76. The molecule has 1 saturated heterocycles. The summed E-state index contributed by atoms with van der Waals surface area (Å²) in [6.45, 7) is 0.978. The highest BCUT2D eigenvalue weighted by Gasteiger charge is 2.37. The zero-order chi connectivity index (χ0) is 11.1.